The minimum atomic E-state index is -0.461. The van der Waals surface area contributed by atoms with Gasteiger partial charge in [0.15, 0.2) is 0 Å². The molecule has 0 saturated heterocycles. The molecule has 7 nitrogen and oxygen atoms in total. The number of aryl methyl sites for hydroxylation is 1. The third-order valence-electron chi connectivity index (χ3n) is 4.67. The van der Waals surface area contributed by atoms with Gasteiger partial charge in [0.2, 0.25) is 0 Å². The molecule has 1 aromatic carbocycles. The van der Waals surface area contributed by atoms with Crippen molar-refractivity contribution in [3.63, 3.8) is 0 Å². The molecule has 1 heterocycles. The molecule has 25 heavy (non-hydrogen) atoms. The number of aromatic amines is 1. The van der Waals surface area contributed by atoms with Gasteiger partial charge in [-0.05, 0) is 31.9 Å². The molecule has 3 rings (SSSR count). The summed E-state index contributed by atoms with van der Waals surface area (Å²) < 4.78 is 1.40. The Bertz CT molecular complexity index is 825. The van der Waals surface area contributed by atoms with Crippen molar-refractivity contribution in [1.82, 2.24) is 9.78 Å². The minimum Gasteiger partial charge on any atom is -0.295 e. The average Bonchev–Trinajstić information content (AvgIpc) is 2.79. The molecule has 1 aromatic heterocycles. The highest BCUT2D eigenvalue weighted by Crippen LogP contribution is 2.20. The lowest BCUT2D eigenvalue weighted by Gasteiger charge is -2.06. The van der Waals surface area contributed by atoms with Crippen LogP contribution in [-0.2, 0) is 0 Å². The molecule has 132 valence electrons. The predicted octanol–water partition coefficient (Wildman–Crippen LogP) is 3.52. The Morgan fingerprint density at radius 3 is 2.44 bits per heavy atom. The van der Waals surface area contributed by atoms with E-state index in [4.69, 9.17) is 0 Å². The first-order chi connectivity index (χ1) is 12.1. The Morgan fingerprint density at radius 2 is 1.84 bits per heavy atom. The zero-order valence-corrected chi connectivity index (χ0v) is 14.3. The van der Waals surface area contributed by atoms with Gasteiger partial charge < -0.3 is 0 Å². The third kappa shape index (κ3) is 3.87. The number of H-pyrrole nitrogens is 1. The van der Waals surface area contributed by atoms with Gasteiger partial charge in [-0.3, -0.25) is 25.0 Å². The largest absolute Gasteiger partial charge is 0.295 e. The lowest BCUT2D eigenvalue weighted by Crippen LogP contribution is -2.17. The van der Waals surface area contributed by atoms with Gasteiger partial charge in [-0.15, -0.1) is 0 Å². The Labute approximate surface area is 145 Å². The van der Waals surface area contributed by atoms with Crippen LogP contribution in [-0.4, -0.2) is 27.0 Å². The number of hydrogen-bond donors (Lipinski definition) is 1. The lowest BCUT2D eigenvalue weighted by atomic mass is 10.1. The van der Waals surface area contributed by atoms with Crippen molar-refractivity contribution in [2.45, 2.75) is 51.5 Å². The summed E-state index contributed by atoms with van der Waals surface area (Å²) in [5.74, 6) is 0. The number of hydrogen-bond acceptors (Lipinski definition) is 4. The summed E-state index contributed by atoms with van der Waals surface area (Å²) in [5.41, 5.74) is 1.65. The fourth-order valence-electron chi connectivity index (χ4n) is 3.20. The van der Waals surface area contributed by atoms with Crippen LogP contribution in [0.25, 0.3) is 5.69 Å². The SMILES string of the molecule is Cc1[nH]n(-c2ccc([N+](=O)[O-])cc2)c(=O)c1C=NC1CCCCCC1. The molecule has 1 aliphatic rings. The summed E-state index contributed by atoms with van der Waals surface area (Å²) in [7, 11) is 0. The standard InChI is InChI=1S/C18H22N4O3/c1-13-17(12-19-14-6-4-2-3-5-7-14)18(23)21(20-13)15-8-10-16(11-9-15)22(24)25/h8-12,14,20H,2-7H2,1H3. The van der Waals surface area contributed by atoms with E-state index in [1.165, 1.54) is 42.5 Å². The second-order valence-corrected chi connectivity index (χ2v) is 6.49. The number of nitrogens with one attached hydrogen (secondary N) is 1. The monoisotopic (exact) mass is 342 g/mol. The molecule has 0 aliphatic heterocycles. The van der Waals surface area contributed by atoms with Crippen LogP contribution in [0.2, 0.25) is 0 Å². The normalized spacial score (nSPS) is 16.2. The summed E-state index contributed by atoms with van der Waals surface area (Å²) in [5, 5.41) is 13.8. The molecule has 0 radical (unpaired) electrons. The first-order valence-corrected chi connectivity index (χ1v) is 8.66. The van der Waals surface area contributed by atoms with Crippen molar-refractivity contribution in [1.29, 1.82) is 0 Å². The van der Waals surface area contributed by atoms with Crippen LogP contribution in [0, 0.1) is 17.0 Å². The van der Waals surface area contributed by atoms with Crippen molar-refractivity contribution in [3.05, 3.63) is 56.0 Å². The number of nitro benzene ring substituents is 1. The summed E-state index contributed by atoms with van der Waals surface area (Å²) in [4.78, 5) is 27.6. The highest BCUT2D eigenvalue weighted by atomic mass is 16.6. The average molecular weight is 342 g/mol. The number of nitro groups is 1. The number of aromatic nitrogens is 2. The number of non-ortho nitro benzene ring substituents is 1. The number of aliphatic imine (C=N–C) groups is 1. The molecule has 0 unspecified atom stereocenters. The van der Waals surface area contributed by atoms with E-state index in [0.29, 0.717) is 17.3 Å². The van der Waals surface area contributed by atoms with E-state index in [1.807, 2.05) is 6.92 Å². The highest BCUT2D eigenvalue weighted by molar-refractivity contribution is 5.80. The molecule has 0 spiro atoms. The van der Waals surface area contributed by atoms with E-state index in [9.17, 15) is 14.9 Å². The molecular formula is C18H22N4O3. The van der Waals surface area contributed by atoms with E-state index in [1.54, 1.807) is 18.3 Å². The third-order valence-corrected chi connectivity index (χ3v) is 4.67. The summed E-state index contributed by atoms with van der Waals surface area (Å²) >= 11 is 0. The summed E-state index contributed by atoms with van der Waals surface area (Å²) in [6.45, 7) is 1.83. The van der Waals surface area contributed by atoms with Gasteiger partial charge in [-0.25, -0.2) is 4.68 Å². The van der Waals surface area contributed by atoms with E-state index >= 15 is 0 Å². The van der Waals surface area contributed by atoms with Gasteiger partial charge in [0, 0.05) is 30.1 Å². The van der Waals surface area contributed by atoms with Gasteiger partial charge in [-0.1, -0.05) is 25.7 Å². The molecule has 0 atom stereocenters. The van der Waals surface area contributed by atoms with Crippen LogP contribution in [0.4, 0.5) is 5.69 Å². The van der Waals surface area contributed by atoms with E-state index in [-0.39, 0.29) is 11.2 Å². The fourth-order valence-corrected chi connectivity index (χ4v) is 3.20. The quantitative estimate of drug-likeness (QED) is 0.399. The summed E-state index contributed by atoms with van der Waals surface area (Å²) in [6.07, 6.45) is 8.77. The molecule has 1 N–H and O–H groups in total. The van der Waals surface area contributed by atoms with Crippen LogP contribution in [0.3, 0.4) is 0 Å². The summed E-state index contributed by atoms with van der Waals surface area (Å²) in [6, 6.07) is 6.18. The smallest absolute Gasteiger partial charge is 0.280 e. The van der Waals surface area contributed by atoms with E-state index in [0.717, 1.165) is 18.5 Å². The molecule has 1 fully saturated rings. The first kappa shape index (κ1) is 17.1. The Balaban J connectivity index is 1.85. The van der Waals surface area contributed by atoms with Crippen LogP contribution in [0.15, 0.2) is 34.1 Å². The topological polar surface area (TPSA) is 93.3 Å². The van der Waals surface area contributed by atoms with Crippen LogP contribution < -0.4 is 5.56 Å². The number of nitrogens with zero attached hydrogens (tertiary/aromatic N) is 3. The minimum absolute atomic E-state index is 0.00442. The highest BCUT2D eigenvalue weighted by Gasteiger charge is 2.14. The molecule has 1 aliphatic carbocycles. The van der Waals surface area contributed by atoms with Gasteiger partial charge >= 0.3 is 0 Å². The van der Waals surface area contributed by atoms with Crippen molar-refractivity contribution < 1.29 is 4.92 Å². The second kappa shape index (κ2) is 7.46. The van der Waals surface area contributed by atoms with E-state index < -0.39 is 4.92 Å². The van der Waals surface area contributed by atoms with E-state index in [2.05, 4.69) is 10.1 Å². The lowest BCUT2D eigenvalue weighted by molar-refractivity contribution is -0.384. The Kier molecular flexibility index (Phi) is 5.11. The molecule has 1 saturated carbocycles. The van der Waals surface area contributed by atoms with Crippen molar-refractivity contribution >= 4 is 11.9 Å². The Hall–Kier alpha value is -2.70. The number of benzene rings is 1. The zero-order valence-electron chi connectivity index (χ0n) is 14.3. The van der Waals surface area contributed by atoms with Crippen LogP contribution in [0.1, 0.15) is 49.8 Å². The van der Waals surface area contributed by atoms with Crippen molar-refractivity contribution in [2.24, 2.45) is 4.99 Å². The van der Waals surface area contributed by atoms with Crippen LogP contribution in [0.5, 0.6) is 0 Å². The fraction of sp³-hybridized carbons (Fsp3) is 0.444. The molecule has 7 heteroatoms. The molecule has 0 amide bonds. The number of rotatable bonds is 4. The van der Waals surface area contributed by atoms with Crippen LogP contribution >= 0.6 is 0 Å². The van der Waals surface area contributed by atoms with Gasteiger partial charge in [-0.2, -0.15) is 0 Å². The van der Waals surface area contributed by atoms with Crippen molar-refractivity contribution in [3.8, 4) is 5.69 Å². The van der Waals surface area contributed by atoms with Crippen molar-refractivity contribution in [2.75, 3.05) is 0 Å². The maximum absolute atomic E-state index is 12.7. The predicted molar refractivity (Wildman–Crippen MR) is 96.9 cm³/mol. The van der Waals surface area contributed by atoms with Gasteiger partial charge in [0.05, 0.1) is 16.2 Å². The second-order valence-electron chi connectivity index (χ2n) is 6.49. The molecule has 0 bridgehead atoms. The van der Waals surface area contributed by atoms with Gasteiger partial charge in [0.25, 0.3) is 11.2 Å². The maximum atomic E-state index is 12.7. The maximum Gasteiger partial charge on any atom is 0.280 e. The Morgan fingerprint density at radius 1 is 1.20 bits per heavy atom. The molecular weight excluding hydrogens is 320 g/mol. The zero-order chi connectivity index (χ0) is 17.8. The van der Waals surface area contributed by atoms with Gasteiger partial charge in [0.1, 0.15) is 0 Å². The first-order valence-electron chi connectivity index (χ1n) is 8.66. The molecule has 2 aromatic rings.